The third-order valence-corrected chi connectivity index (χ3v) is 8.51. The third kappa shape index (κ3) is 12.2. The highest BCUT2D eigenvalue weighted by atomic mass is 16.5. The van der Waals surface area contributed by atoms with Crippen LogP contribution in [0.4, 0.5) is 0 Å². The van der Waals surface area contributed by atoms with Crippen LogP contribution in [-0.2, 0) is 25.6 Å². The second-order valence-electron chi connectivity index (χ2n) is 13.5. The summed E-state index contributed by atoms with van der Waals surface area (Å²) in [6, 6.07) is 17.9. The lowest BCUT2D eigenvalue weighted by atomic mass is 9.85. The van der Waals surface area contributed by atoms with E-state index in [-0.39, 0.29) is 11.3 Å². The van der Waals surface area contributed by atoms with Crippen LogP contribution < -0.4 is 14.0 Å². The molecule has 45 heavy (non-hydrogen) atoms. The van der Waals surface area contributed by atoms with Crippen molar-refractivity contribution >= 4 is 5.91 Å². The maximum absolute atomic E-state index is 14.1. The number of para-hydroxylation sites is 2. The number of rotatable bonds is 20. The number of benzene rings is 2. The summed E-state index contributed by atoms with van der Waals surface area (Å²) in [5.41, 5.74) is 3.74. The van der Waals surface area contributed by atoms with E-state index < -0.39 is 0 Å². The van der Waals surface area contributed by atoms with Crippen molar-refractivity contribution in [3.63, 3.8) is 0 Å². The highest BCUT2D eigenvalue weighted by Crippen LogP contribution is 2.36. The van der Waals surface area contributed by atoms with E-state index in [4.69, 9.17) is 9.47 Å². The Bertz CT molecular complexity index is 1300. The number of methoxy groups -OCH3 is 1. The Labute approximate surface area is 274 Å². The molecule has 5 nitrogen and oxygen atoms in total. The van der Waals surface area contributed by atoms with Crippen molar-refractivity contribution in [3.05, 3.63) is 89.2 Å². The first-order chi connectivity index (χ1) is 21.7. The predicted octanol–water partition coefficient (Wildman–Crippen LogP) is 9.74. The van der Waals surface area contributed by atoms with Gasteiger partial charge in [-0.25, -0.2) is 4.57 Å². The summed E-state index contributed by atoms with van der Waals surface area (Å²) >= 11 is 0. The van der Waals surface area contributed by atoms with Gasteiger partial charge in [0.2, 0.25) is 0 Å². The highest BCUT2D eigenvalue weighted by molar-refractivity contribution is 5.97. The van der Waals surface area contributed by atoms with Crippen molar-refractivity contribution in [2.45, 2.75) is 123 Å². The number of nitrogens with zero attached hydrogens (tertiary/aromatic N) is 2. The number of hydrogen-bond acceptors (Lipinski definition) is 3. The fourth-order valence-electron chi connectivity index (χ4n) is 5.95. The molecule has 0 aliphatic heterocycles. The summed E-state index contributed by atoms with van der Waals surface area (Å²) < 4.78 is 14.2. The zero-order chi connectivity index (χ0) is 32.5. The standard InChI is InChI=1S/C40H59N2O3/c1-7-8-9-10-11-12-13-14-15-16-17-20-29-45-38-34(24-21-26-36(38)40(2,3)4)32-42(31-33-23-22-28-41(5)30-33)39(43)35-25-18-19-27-37(35)44-6/h18-19,21-28,30H,7-17,20,29,31-32H2,1-6H3/q+1. The van der Waals surface area contributed by atoms with Crippen LogP contribution in [0.2, 0.25) is 0 Å². The van der Waals surface area contributed by atoms with Crippen molar-refractivity contribution in [2.24, 2.45) is 7.05 Å². The van der Waals surface area contributed by atoms with Crippen molar-refractivity contribution in [1.82, 2.24) is 4.90 Å². The fourth-order valence-corrected chi connectivity index (χ4v) is 5.95. The van der Waals surface area contributed by atoms with Crippen LogP contribution in [-0.4, -0.2) is 24.5 Å². The number of ether oxygens (including phenoxy) is 2. The van der Waals surface area contributed by atoms with E-state index >= 15 is 0 Å². The van der Waals surface area contributed by atoms with E-state index in [9.17, 15) is 4.79 Å². The second-order valence-corrected chi connectivity index (χ2v) is 13.5. The van der Waals surface area contributed by atoms with Crippen molar-refractivity contribution in [3.8, 4) is 11.5 Å². The fraction of sp³-hybridized carbons (Fsp3) is 0.550. The van der Waals surface area contributed by atoms with Gasteiger partial charge in [-0.3, -0.25) is 4.79 Å². The Morgan fingerprint density at radius 2 is 1.42 bits per heavy atom. The van der Waals surface area contributed by atoms with Crippen molar-refractivity contribution < 1.29 is 18.8 Å². The minimum atomic E-state index is -0.0907. The molecule has 1 aromatic heterocycles. The summed E-state index contributed by atoms with van der Waals surface area (Å²) in [6.45, 7) is 10.6. The molecule has 1 heterocycles. The van der Waals surface area contributed by atoms with Gasteiger partial charge in [-0.15, -0.1) is 0 Å². The highest BCUT2D eigenvalue weighted by Gasteiger charge is 2.26. The summed E-state index contributed by atoms with van der Waals surface area (Å²) in [5.74, 6) is 1.44. The van der Waals surface area contributed by atoms with Crippen LogP contribution in [0.3, 0.4) is 0 Å². The molecule has 0 fully saturated rings. The van der Waals surface area contributed by atoms with Gasteiger partial charge in [0, 0.05) is 23.7 Å². The zero-order valence-electron chi connectivity index (χ0n) is 29.1. The monoisotopic (exact) mass is 615 g/mol. The molecular formula is C40H59N2O3+. The summed E-state index contributed by atoms with van der Waals surface area (Å²) in [5, 5.41) is 0. The third-order valence-electron chi connectivity index (χ3n) is 8.51. The number of aryl methyl sites for hydroxylation is 1. The summed E-state index contributed by atoms with van der Waals surface area (Å²) in [4.78, 5) is 16.0. The molecule has 0 radical (unpaired) electrons. The lowest BCUT2D eigenvalue weighted by Crippen LogP contribution is -2.33. The number of aromatic nitrogens is 1. The number of carbonyl (C=O) groups is 1. The van der Waals surface area contributed by atoms with Crippen LogP contribution in [0.25, 0.3) is 0 Å². The molecule has 3 aromatic rings. The average Bonchev–Trinajstić information content (AvgIpc) is 3.02. The molecule has 0 saturated carbocycles. The minimum Gasteiger partial charge on any atom is -0.496 e. The Morgan fingerprint density at radius 3 is 2.04 bits per heavy atom. The van der Waals surface area contributed by atoms with E-state index in [0.717, 1.165) is 23.3 Å². The van der Waals surface area contributed by atoms with Gasteiger partial charge in [0.25, 0.3) is 5.91 Å². The molecule has 0 unspecified atom stereocenters. The molecule has 0 saturated heterocycles. The zero-order valence-corrected chi connectivity index (χ0v) is 29.1. The van der Waals surface area contributed by atoms with Gasteiger partial charge in [-0.2, -0.15) is 0 Å². The molecule has 3 rings (SSSR count). The van der Waals surface area contributed by atoms with Gasteiger partial charge in [-0.05, 0) is 35.6 Å². The van der Waals surface area contributed by atoms with Crippen molar-refractivity contribution in [1.29, 1.82) is 0 Å². The summed E-state index contributed by atoms with van der Waals surface area (Å²) in [7, 11) is 3.62. The Hall–Kier alpha value is -3.34. The first-order valence-corrected chi connectivity index (χ1v) is 17.4. The lowest BCUT2D eigenvalue weighted by molar-refractivity contribution is -0.672. The molecule has 0 bridgehead atoms. The van der Waals surface area contributed by atoms with E-state index in [1.54, 1.807) is 7.11 Å². The van der Waals surface area contributed by atoms with Gasteiger partial charge in [0.1, 0.15) is 18.5 Å². The molecule has 2 aromatic carbocycles. The smallest absolute Gasteiger partial charge is 0.258 e. The minimum absolute atomic E-state index is 0.0629. The number of carbonyl (C=O) groups excluding carboxylic acids is 1. The molecular weight excluding hydrogens is 556 g/mol. The Kier molecular flexibility index (Phi) is 15.4. The number of amides is 1. The molecule has 0 aliphatic rings. The van der Waals surface area contributed by atoms with E-state index in [1.165, 1.54) is 76.2 Å². The van der Waals surface area contributed by atoms with Crippen LogP contribution >= 0.6 is 0 Å². The number of hydrogen-bond donors (Lipinski definition) is 0. The molecule has 0 aliphatic carbocycles. The molecule has 0 atom stereocenters. The van der Waals surface area contributed by atoms with Crippen LogP contribution in [0, 0.1) is 0 Å². The number of pyridine rings is 1. The Balaban J connectivity index is 1.69. The first-order valence-electron chi connectivity index (χ1n) is 17.4. The molecule has 1 amide bonds. The van der Waals surface area contributed by atoms with Crippen LogP contribution in [0.15, 0.2) is 67.0 Å². The average molecular weight is 616 g/mol. The molecule has 0 spiro atoms. The van der Waals surface area contributed by atoms with Crippen molar-refractivity contribution in [2.75, 3.05) is 13.7 Å². The van der Waals surface area contributed by atoms with Gasteiger partial charge in [-0.1, -0.05) is 129 Å². The van der Waals surface area contributed by atoms with Gasteiger partial charge in [0.15, 0.2) is 12.4 Å². The Morgan fingerprint density at radius 1 is 0.778 bits per heavy atom. The number of unbranched alkanes of at least 4 members (excludes halogenated alkanes) is 11. The topological polar surface area (TPSA) is 42.7 Å². The molecule has 0 N–H and O–H groups in total. The van der Waals surface area contributed by atoms with Gasteiger partial charge >= 0.3 is 0 Å². The van der Waals surface area contributed by atoms with Crippen LogP contribution in [0.5, 0.6) is 11.5 Å². The first kappa shape index (κ1) is 36.1. The maximum atomic E-state index is 14.1. The predicted molar refractivity (Wildman–Crippen MR) is 186 cm³/mol. The second kappa shape index (κ2) is 19.2. The quantitative estimate of drug-likeness (QED) is 0.0939. The van der Waals surface area contributed by atoms with E-state index in [2.05, 4.69) is 58.2 Å². The van der Waals surface area contributed by atoms with Gasteiger partial charge in [0.05, 0.1) is 25.8 Å². The largest absolute Gasteiger partial charge is 0.496 e. The summed E-state index contributed by atoms with van der Waals surface area (Å²) in [6.07, 6.45) is 19.9. The van der Waals surface area contributed by atoms with Crippen LogP contribution in [0.1, 0.15) is 132 Å². The lowest BCUT2D eigenvalue weighted by Gasteiger charge is -2.28. The molecule has 246 valence electrons. The normalized spacial score (nSPS) is 11.4. The van der Waals surface area contributed by atoms with Gasteiger partial charge < -0.3 is 14.4 Å². The van der Waals surface area contributed by atoms with E-state index in [1.807, 2.05) is 53.0 Å². The molecule has 5 heteroatoms. The maximum Gasteiger partial charge on any atom is 0.258 e. The van der Waals surface area contributed by atoms with E-state index in [0.29, 0.717) is 31.0 Å². The SMILES string of the molecule is CCCCCCCCCCCCCCOc1c(CN(Cc2ccc[n+](C)c2)C(=O)c2ccccc2OC)cccc1C(C)(C)C.